The normalized spacial score (nSPS) is 18.1. The predicted molar refractivity (Wildman–Crippen MR) is 85.6 cm³/mol. The van der Waals surface area contributed by atoms with Gasteiger partial charge in [0.2, 0.25) is 0 Å². The first-order valence-corrected chi connectivity index (χ1v) is 8.63. The largest absolute Gasteiger partial charge is 0.271 e. The minimum absolute atomic E-state index is 0.126. The summed E-state index contributed by atoms with van der Waals surface area (Å²) in [6.07, 6.45) is 7.33. The number of hydrogen-bond donors (Lipinski definition) is 2. The van der Waals surface area contributed by atoms with Crippen molar-refractivity contribution in [2.75, 3.05) is 5.75 Å². The molecule has 2 nitrogen and oxygen atoms in total. The van der Waals surface area contributed by atoms with Crippen LogP contribution in [0.15, 0.2) is 18.2 Å². The van der Waals surface area contributed by atoms with Crippen LogP contribution < -0.4 is 11.3 Å². The number of hydrogen-bond acceptors (Lipinski definition) is 3. The molecule has 1 fully saturated rings. The molecule has 5 heteroatoms. The lowest BCUT2D eigenvalue weighted by Crippen LogP contribution is -2.39. The van der Waals surface area contributed by atoms with Crippen molar-refractivity contribution in [3.63, 3.8) is 0 Å². The third kappa shape index (κ3) is 4.92. The Balaban J connectivity index is 1.86. The Bertz CT molecular complexity index is 424. The van der Waals surface area contributed by atoms with E-state index in [9.17, 15) is 4.39 Å². The number of thioether (sulfide) groups is 1. The van der Waals surface area contributed by atoms with E-state index < -0.39 is 0 Å². The fourth-order valence-corrected chi connectivity index (χ4v) is 4.20. The number of benzene rings is 1. The van der Waals surface area contributed by atoms with Crippen molar-refractivity contribution in [2.45, 2.75) is 49.8 Å². The van der Waals surface area contributed by atoms with Gasteiger partial charge in [-0.1, -0.05) is 30.9 Å². The zero-order chi connectivity index (χ0) is 14.4. The number of rotatable bonds is 6. The Morgan fingerprint density at radius 3 is 2.80 bits per heavy atom. The highest BCUT2D eigenvalue weighted by Gasteiger charge is 2.17. The molecule has 1 saturated carbocycles. The molecule has 0 amide bonds. The molecule has 20 heavy (non-hydrogen) atoms. The first kappa shape index (κ1) is 16.1. The second-order valence-electron chi connectivity index (χ2n) is 5.40. The van der Waals surface area contributed by atoms with Gasteiger partial charge in [0.1, 0.15) is 5.82 Å². The molecular formula is C15H22ClFN2S. The molecule has 0 bridgehead atoms. The van der Waals surface area contributed by atoms with Gasteiger partial charge in [0.15, 0.2) is 0 Å². The van der Waals surface area contributed by atoms with Crippen LogP contribution in [0.4, 0.5) is 4.39 Å². The van der Waals surface area contributed by atoms with Gasteiger partial charge < -0.3 is 0 Å². The van der Waals surface area contributed by atoms with E-state index in [2.05, 4.69) is 5.43 Å². The van der Waals surface area contributed by atoms with Gasteiger partial charge in [-0.2, -0.15) is 11.8 Å². The van der Waals surface area contributed by atoms with Crippen LogP contribution in [0.2, 0.25) is 5.02 Å². The van der Waals surface area contributed by atoms with Crippen molar-refractivity contribution < 1.29 is 4.39 Å². The van der Waals surface area contributed by atoms with Crippen molar-refractivity contribution in [1.29, 1.82) is 0 Å². The molecule has 0 radical (unpaired) electrons. The van der Waals surface area contributed by atoms with Gasteiger partial charge >= 0.3 is 0 Å². The fraction of sp³-hybridized carbons (Fsp3) is 0.600. The van der Waals surface area contributed by atoms with Gasteiger partial charge in [0, 0.05) is 22.1 Å². The van der Waals surface area contributed by atoms with Crippen molar-refractivity contribution in [3.05, 3.63) is 34.6 Å². The Kier molecular flexibility index (Phi) is 6.62. The zero-order valence-corrected chi connectivity index (χ0v) is 13.2. The average molecular weight is 317 g/mol. The SMILES string of the molecule is NNC(CSC1CCCCC1)Cc1cc(F)ccc1Cl. The van der Waals surface area contributed by atoms with E-state index in [1.54, 1.807) is 6.07 Å². The second kappa shape index (κ2) is 8.23. The summed E-state index contributed by atoms with van der Waals surface area (Å²) in [7, 11) is 0. The van der Waals surface area contributed by atoms with Crippen LogP contribution in [0.3, 0.4) is 0 Å². The quantitative estimate of drug-likeness (QED) is 0.617. The van der Waals surface area contributed by atoms with Crippen molar-refractivity contribution in [2.24, 2.45) is 5.84 Å². The zero-order valence-electron chi connectivity index (χ0n) is 11.6. The minimum Gasteiger partial charge on any atom is -0.271 e. The summed E-state index contributed by atoms with van der Waals surface area (Å²) in [5.41, 5.74) is 3.65. The van der Waals surface area contributed by atoms with E-state index in [0.717, 1.165) is 16.6 Å². The molecule has 1 atom stereocenters. The molecule has 2 rings (SSSR count). The molecule has 112 valence electrons. The molecular weight excluding hydrogens is 295 g/mol. The van der Waals surface area contributed by atoms with Crippen LogP contribution in [-0.2, 0) is 6.42 Å². The van der Waals surface area contributed by atoms with E-state index in [4.69, 9.17) is 17.4 Å². The highest BCUT2D eigenvalue weighted by atomic mass is 35.5. The van der Waals surface area contributed by atoms with Gasteiger partial charge in [-0.3, -0.25) is 11.3 Å². The molecule has 1 unspecified atom stereocenters. The van der Waals surface area contributed by atoms with E-state index in [1.807, 2.05) is 11.8 Å². The summed E-state index contributed by atoms with van der Waals surface area (Å²) in [5.74, 6) is 6.31. The molecule has 1 aliphatic carbocycles. The lowest BCUT2D eigenvalue weighted by Gasteiger charge is -2.24. The van der Waals surface area contributed by atoms with E-state index in [-0.39, 0.29) is 11.9 Å². The number of halogens is 2. The first-order valence-electron chi connectivity index (χ1n) is 7.20. The van der Waals surface area contributed by atoms with Crippen molar-refractivity contribution in [3.8, 4) is 0 Å². The molecule has 0 saturated heterocycles. The standard InChI is InChI=1S/C15H22ClFN2S/c16-15-7-6-12(17)8-11(15)9-13(19-18)10-20-14-4-2-1-3-5-14/h6-8,13-14,19H,1-5,9-10,18H2. The summed E-state index contributed by atoms with van der Waals surface area (Å²) in [6.45, 7) is 0. The van der Waals surface area contributed by atoms with Gasteiger partial charge in [-0.25, -0.2) is 4.39 Å². The topological polar surface area (TPSA) is 38.0 Å². The van der Waals surface area contributed by atoms with E-state index >= 15 is 0 Å². The first-order chi connectivity index (χ1) is 9.69. The third-order valence-corrected chi connectivity index (χ3v) is 5.70. The maximum Gasteiger partial charge on any atom is 0.123 e. The maximum atomic E-state index is 13.3. The number of nitrogens with two attached hydrogens (primary N) is 1. The molecule has 3 N–H and O–H groups in total. The average Bonchev–Trinajstić information content (AvgIpc) is 2.48. The third-order valence-electron chi connectivity index (χ3n) is 3.80. The van der Waals surface area contributed by atoms with E-state index in [0.29, 0.717) is 11.4 Å². The smallest absolute Gasteiger partial charge is 0.123 e. The maximum absolute atomic E-state index is 13.3. The summed E-state index contributed by atoms with van der Waals surface area (Å²) in [4.78, 5) is 0. The van der Waals surface area contributed by atoms with Crippen LogP contribution in [0.25, 0.3) is 0 Å². The summed E-state index contributed by atoms with van der Waals surface area (Å²) >= 11 is 8.08. The Morgan fingerprint density at radius 2 is 2.10 bits per heavy atom. The number of nitrogens with one attached hydrogen (secondary N) is 1. The lowest BCUT2D eigenvalue weighted by molar-refractivity contribution is 0.513. The monoisotopic (exact) mass is 316 g/mol. The minimum atomic E-state index is -0.250. The molecule has 1 aromatic carbocycles. The Morgan fingerprint density at radius 1 is 1.35 bits per heavy atom. The second-order valence-corrected chi connectivity index (χ2v) is 7.14. The van der Waals surface area contributed by atoms with Crippen molar-refractivity contribution in [1.82, 2.24) is 5.43 Å². The van der Waals surface area contributed by atoms with Gasteiger partial charge in [-0.15, -0.1) is 0 Å². The fourth-order valence-electron chi connectivity index (χ4n) is 2.62. The van der Waals surface area contributed by atoms with Crippen LogP contribution in [0, 0.1) is 5.82 Å². The Hall–Kier alpha value is -0.290. The van der Waals surface area contributed by atoms with Crippen molar-refractivity contribution >= 4 is 23.4 Å². The molecule has 0 aliphatic heterocycles. The highest BCUT2D eigenvalue weighted by molar-refractivity contribution is 7.99. The van der Waals surface area contributed by atoms with Crippen LogP contribution in [0.1, 0.15) is 37.7 Å². The van der Waals surface area contributed by atoms with Crippen LogP contribution >= 0.6 is 23.4 Å². The van der Waals surface area contributed by atoms with Gasteiger partial charge in [-0.05, 0) is 43.0 Å². The summed E-state index contributed by atoms with van der Waals surface area (Å²) in [5, 5.41) is 1.36. The molecule has 1 aromatic rings. The van der Waals surface area contributed by atoms with Crippen LogP contribution in [0.5, 0.6) is 0 Å². The summed E-state index contributed by atoms with van der Waals surface area (Å²) in [6, 6.07) is 4.61. The number of hydrazine groups is 1. The van der Waals surface area contributed by atoms with Gasteiger partial charge in [0.05, 0.1) is 0 Å². The molecule has 0 heterocycles. The molecule has 1 aliphatic rings. The predicted octanol–water partition coefficient (Wildman–Crippen LogP) is 3.92. The lowest BCUT2D eigenvalue weighted by atomic mass is 10.0. The summed E-state index contributed by atoms with van der Waals surface area (Å²) < 4.78 is 13.3. The Labute approximate surface area is 129 Å². The van der Waals surface area contributed by atoms with Crippen LogP contribution in [-0.4, -0.2) is 17.0 Å². The molecule has 0 aromatic heterocycles. The van der Waals surface area contributed by atoms with Gasteiger partial charge in [0.25, 0.3) is 0 Å². The van der Waals surface area contributed by atoms with E-state index in [1.165, 1.54) is 44.2 Å². The highest BCUT2D eigenvalue weighted by Crippen LogP contribution is 2.29. The molecule has 0 spiro atoms.